The van der Waals surface area contributed by atoms with Crippen molar-refractivity contribution in [3.63, 3.8) is 0 Å². The van der Waals surface area contributed by atoms with Crippen LogP contribution in [0.5, 0.6) is 0 Å². The van der Waals surface area contributed by atoms with Crippen LogP contribution in [0.15, 0.2) is 38.8 Å². The Balaban J connectivity index is 1.58. The van der Waals surface area contributed by atoms with Crippen molar-refractivity contribution < 1.29 is 13.2 Å². The van der Waals surface area contributed by atoms with E-state index in [1.54, 1.807) is 0 Å². The van der Waals surface area contributed by atoms with E-state index >= 15 is 0 Å². The van der Waals surface area contributed by atoms with Gasteiger partial charge in [0.1, 0.15) is 18.2 Å². The molecule has 10 nitrogen and oxygen atoms in total. The molecule has 2 aliphatic rings. The van der Waals surface area contributed by atoms with Crippen LogP contribution in [0.4, 0.5) is 5.69 Å². The largest absolute Gasteiger partial charge is 0.331 e. The van der Waals surface area contributed by atoms with E-state index in [1.165, 1.54) is 33.1 Å². The fraction of sp³-hybridized carbons (Fsp3) is 0.400. The second-order valence-electron chi connectivity index (χ2n) is 7.55. The van der Waals surface area contributed by atoms with Gasteiger partial charge in [0.25, 0.3) is 5.56 Å². The number of hydrogen-bond acceptors (Lipinski definition) is 6. The Morgan fingerprint density at radius 3 is 2.58 bits per heavy atom. The van der Waals surface area contributed by atoms with Gasteiger partial charge in [-0.05, 0) is 43.9 Å². The quantitative estimate of drug-likeness (QED) is 0.704. The third-order valence-corrected chi connectivity index (χ3v) is 7.46. The van der Waals surface area contributed by atoms with Gasteiger partial charge in [-0.1, -0.05) is 6.07 Å². The van der Waals surface area contributed by atoms with Crippen LogP contribution < -0.4 is 16.6 Å². The highest BCUT2D eigenvalue weighted by atomic mass is 32.2. The first-order chi connectivity index (χ1) is 14.8. The van der Waals surface area contributed by atoms with E-state index in [1.807, 2.05) is 6.07 Å². The van der Waals surface area contributed by atoms with Gasteiger partial charge in [0.05, 0.1) is 4.90 Å². The molecule has 1 aromatic carbocycles. The van der Waals surface area contributed by atoms with Crippen LogP contribution in [0.25, 0.3) is 0 Å². The zero-order valence-corrected chi connectivity index (χ0v) is 17.5. The van der Waals surface area contributed by atoms with Gasteiger partial charge in [0.2, 0.25) is 15.9 Å². The molecule has 162 valence electrons. The number of amides is 1. The third kappa shape index (κ3) is 3.80. The van der Waals surface area contributed by atoms with E-state index < -0.39 is 33.7 Å². The van der Waals surface area contributed by atoms with Gasteiger partial charge in [0, 0.05) is 31.0 Å². The number of nitrogens with zero attached hydrogens (tertiary/aromatic N) is 4. The summed E-state index contributed by atoms with van der Waals surface area (Å²) in [5.41, 5.74) is -0.893. The summed E-state index contributed by atoms with van der Waals surface area (Å²) in [6.07, 6.45) is 2.74. The number of nitrogens with one attached hydrogen (secondary N) is 1. The van der Waals surface area contributed by atoms with Crippen molar-refractivity contribution in [1.29, 1.82) is 5.26 Å². The summed E-state index contributed by atoms with van der Waals surface area (Å²) in [5, 5.41) is 11.9. The van der Waals surface area contributed by atoms with Gasteiger partial charge in [-0.15, -0.1) is 0 Å². The van der Waals surface area contributed by atoms with Crippen LogP contribution in [-0.4, -0.2) is 40.9 Å². The van der Waals surface area contributed by atoms with Crippen LogP contribution >= 0.6 is 0 Å². The zero-order valence-electron chi connectivity index (χ0n) is 16.7. The summed E-state index contributed by atoms with van der Waals surface area (Å²) in [5.74, 6) is -0.669. The molecule has 0 radical (unpaired) electrons. The highest BCUT2D eigenvalue weighted by Gasteiger charge is 2.27. The SMILES string of the molecule is N#Cc1c2n(c(=O)n(CC(=O)Nc3cccc(S(=O)(=O)N4CCCC4)c3)c1=O)CCC2. The van der Waals surface area contributed by atoms with Crippen molar-refractivity contribution in [1.82, 2.24) is 13.4 Å². The smallest absolute Gasteiger partial charge is 0.324 e. The van der Waals surface area contributed by atoms with E-state index in [2.05, 4.69) is 5.32 Å². The molecule has 0 unspecified atom stereocenters. The fourth-order valence-electron chi connectivity index (χ4n) is 4.04. The van der Waals surface area contributed by atoms with Crippen molar-refractivity contribution in [3.8, 4) is 6.07 Å². The van der Waals surface area contributed by atoms with Gasteiger partial charge >= 0.3 is 5.69 Å². The Bertz CT molecular complexity index is 1310. The van der Waals surface area contributed by atoms with Crippen molar-refractivity contribution in [3.05, 3.63) is 56.4 Å². The minimum Gasteiger partial charge on any atom is -0.324 e. The maximum Gasteiger partial charge on any atom is 0.331 e. The molecule has 0 saturated carbocycles. The average molecular weight is 443 g/mol. The molecule has 31 heavy (non-hydrogen) atoms. The molecule has 0 atom stereocenters. The number of sulfonamides is 1. The Kier molecular flexibility index (Phi) is 5.51. The van der Waals surface area contributed by atoms with Crippen LogP contribution in [0.3, 0.4) is 0 Å². The summed E-state index contributed by atoms with van der Waals surface area (Å²) < 4.78 is 29.0. The van der Waals surface area contributed by atoms with Gasteiger partial charge in [-0.2, -0.15) is 9.57 Å². The highest BCUT2D eigenvalue weighted by molar-refractivity contribution is 7.89. The maximum absolute atomic E-state index is 12.7. The summed E-state index contributed by atoms with van der Waals surface area (Å²) in [4.78, 5) is 37.8. The summed E-state index contributed by atoms with van der Waals surface area (Å²) in [6.45, 7) is 0.744. The molecule has 1 aromatic heterocycles. The summed E-state index contributed by atoms with van der Waals surface area (Å²) >= 11 is 0. The number of rotatable bonds is 5. The number of carbonyl (C=O) groups excluding carboxylic acids is 1. The van der Waals surface area contributed by atoms with Gasteiger partial charge in [-0.3, -0.25) is 14.2 Å². The van der Waals surface area contributed by atoms with E-state index in [9.17, 15) is 28.1 Å². The molecule has 1 fully saturated rings. The van der Waals surface area contributed by atoms with Crippen LogP contribution in [-0.2, 0) is 34.3 Å². The van der Waals surface area contributed by atoms with Gasteiger partial charge < -0.3 is 5.32 Å². The highest BCUT2D eigenvalue weighted by Crippen LogP contribution is 2.23. The van der Waals surface area contributed by atoms with Crippen LogP contribution in [0.2, 0.25) is 0 Å². The van der Waals surface area contributed by atoms with Crippen molar-refractivity contribution >= 4 is 21.6 Å². The lowest BCUT2D eigenvalue weighted by Crippen LogP contribution is -2.44. The lowest BCUT2D eigenvalue weighted by Gasteiger charge is -2.16. The molecular formula is C20H21N5O5S. The summed E-state index contributed by atoms with van der Waals surface area (Å²) in [6, 6.07) is 7.70. The lowest BCUT2D eigenvalue weighted by molar-refractivity contribution is -0.116. The zero-order chi connectivity index (χ0) is 22.2. The molecule has 0 bridgehead atoms. The molecule has 2 aromatic rings. The standard InChI is InChI=1S/C20H21N5O5S/c21-12-16-17-7-4-10-24(17)20(28)25(19(16)27)13-18(26)22-14-5-3-6-15(11-14)31(29,30)23-8-1-2-9-23/h3,5-6,11H,1-2,4,7-10,13H2,(H,22,26). The monoisotopic (exact) mass is 443 g/mol. The number of carbonyl (C=O) groups is 1. The van der Waals surface area contributed by atoms with Crippen LogP contribution in [0.1, 0.15) is 30.5 Å². The number of hydrogen-bond donors (Lipinski definition) is 1. The van der Waals surface area contributed by atoms with Crippen molar-refractivity contribution in [2.75, 3.05) is 18.4 Å². The predicted octanol–water partition coefficient (Wildman–Crippen LogP) is 0.251. The molecule has 1 saturated heterocycles. The fourth-order valence-corrected chi connectivity index (χ4v) is 5.61. The molecule has 0 aliphatic carbocycles. The minimum atomic E-state index is -3.65. The normalized spacial score (nSPS) is 16.1. The Morgan fingerprint density at radius 2 is 1.87 bits per heavy atom. The second kappa shape index (κ2) is 8.13. The first-order valence-corrected chi connectivity index (χ1v) is 11.4. The lowest BCUT2D eigenvalue weighted by atomic mass is 10.2. The molecule has 4 rings (SSSR count). The Morgan fingerprint density at radius 1 is 1.13 bits per heavy atom. The van der Waals surface area contributed by atoms with Gasteiger partial charge in [0.15, 0.2) is 0 Å². The van der Waals surface area contributed by atoms with Crippen molar-refractivity contribution in [2.24, 2.45) is 0 Å². The van der Waals surface area contributed by atoms with E-state index in [0.29, 0.717) is 38.2 Å². The molecule has 1 amide bonds. The minimum absolute atomic E-state index is 0.0636. The van der Waals surface area contributed by atoms with E-state index in [0.717, 1.165) is 17.4 Å². The molecule has 1 N–H and O–H groups in total. The van der Waals surface area contributed by atoms with Gasteiger partial charge in [-0.25, -0.2) is 17.8 Å². The summed E-state index contributed by atoms with van der Waals surface area (Å²) in [7, 11) is -3.65. The van der Waals surface area contributed by atoms with E-state index in [4.69, 9.17) is 0 Å². The predicted molar refractivity (Wildman–Crippen MR) is 111 cm³/mol. The Hall–Kier alpha value is -3.23. The number of benzene rings is 1. The topological polar surface area (TPSA) is 134 Å². The molecule has 2 aliphatic heterocycles. The maximum atomic E-state index is 12.7. The number of nitriles is 1. The first-order valence-electron chi connectivity index (χ1n) is 9.99. The van der Waals surface area contributed by atoms with Crippen LogP contribution in [0, 0.1) is 11.3 Å². The number of anilines is 1. The van der Waals surface area contributed by atoms with Crippen molar-refractivity contribution in [2.45, 2.75) is 43.7 Å². The number of aromatic nitrogens is 2. The molecule has 0 spiro atoms. The Labute approximate surface area is 178 Å². The molecule has 11 heteroatoms. The second-order valence-corrected chi connectivity index (χ2v) is 9.49. The number of fused-ring (bicyclic) bond motifs is 1. The third-order valence-electron chi connectivity index (χ3n) is 5.56. The van der Waals surface area contributed by atoms with E-state index in [-0.39, 0.29) is 16.1 Å². The average Bonchev–Trinajstić information content (AvgIpc) is 3.44. The molecule has 3 heterocycles. The molecular weight excluding hydrogens is 422 g/mol. The first kappa shape index (κ1) is 21.0.